The van der Waals surface area contributed by atoms with E-state index in [4.69, 9.17) is 4.74 Å². The molecule has 1 rings (SSSR count). The highest BCUT2D eigenvalue weighted by Crippen LogP contribution is 2.40. The highest BCUT2D eigenvalue weighted by molar-refractivity contribution is 4.88. The lowest BCUT2D eigenvalue weighted by Gasteiger charge is -2.21. The Morgan fingerprint density at radius 1 is 1.38 bits per heavy atom. The van der Waals surface area contributed by atoms with Gasteiger partial charge in [0.05, 0.1) is 5.60 Å². The summed E-state index contributed by atoms with van der Waals surface area (Å²) >= 11 is 0. The van der Waals surface area contributed by atoms with Gasteiger partial charge >= 0.3 is 0 Å². The van der Waals surface area contributed by atoms with Gasteiger partial charge in [0.2, 0.25) is 0 Å². The molecular weight excluding hydrogens is 100 g/mol. The van der Waals surface area contributed by atoms with Crippen LogP contribution in [-0.4, -0.2) is 12.7 Å². The van der Waals surface area contributed by atoms with Crippen LogP contribution in [0.3, 0.4) is 0 Å². The van der Waals surface area contributed by atoms with E-state index in [-0.39, 0.29) is 5.60 Å². The van der Waals surface area contributed by atoms with Crippen molar-refractivity contribution < 1.29 is 4.74 Å². The quantitative estimate of drug-likeness (QED) is 0.532. The molecule has 48 valence electrons. The summed E-state index contributed by atoms with van der Waals surface area (Å²) in [6.07, 6.45) is 2.72. The molecule has 0 unspecified atom stereocenters. The van der Waals surface area contributed by atoms with Crippen LogP contribution < -0.4 is 0 Å². The molecule has 1 saturated carbocycles. The second kappa shape index (κ2) is 1.73. The molecule has 1 fully saturated rings. The molecule has 0 atom stereocenters. The van der Waals surface area contributed by atoms with Crippen molar-refractivity contribution in [3.63, 3.8) is 0 Å². The summed E-state index contributed by atoms with van der Waals surface area (Å²) in [4.78, 5) is 0. The molecule has 1 aliphatic rings. The first-order chi connectivity index (χ1) is 3.67. The summed E-state index contributed by atoms with van der Waals surface area (Å²) in [7, 11) is 1.79. The Morgan fingerprint density at radius 2 is 1.88 bits per heavy atom. The minimum absolute atomic E-state index is 0.153. The molecule has 0 aliphatic heterocycles. The van der Waals surface area contributed by atoms with Gasteiger partial charge in [-0.05, 0) is 32.6 Å². The van der Waals surface area contributed by atoms with Gasteiger partial charge in [0, 0.05) is 7.11 Å². The number of hydrogen-bond donors (Lipinski definition) is 0. The van der Waals surface area contributed by atoms with Gasteiger partial charge in [0.25, 0.3) is 0 Å². The van der Waals surface area contributed by atoms with Gasteiger partial charge in [-0.1, -0.05) is 0 Å². The van der Waals surface area contributed by atoms with Crippen LogP contribution in [0, 0.1) is 5.92 Å². The molecule has 8 heavy (non-hydrogen) atoms. The molecule has 1 heteroatoms. The van der Waals surface area contributed by atoms with Gasteiger partial charge in [-0.25, -0.2) is 0 Å². The Hall–Kier alpha value is -0.0400. The largest absolute Gasteiger partial charge is 0.379 e. The molecule has 1 aliphatic carbocycles. The van der Waals surface area contributed by atoms with Crippen LogP contribution in [0.1, 0.15) is 26.7 Å². The third-order valence-corrected chi connectivity index (χ3v) is 2.09. The van der Waals surface area contributed by atoms with Crippen LogP contribution in [-0.2, 0) is 4.74 Å². The maximum absolute atomic E-state index is 5.26. The van der Waals surface area contributed by atoms with E-state index in [9.17, 15) is 0 Å². The Bertz CT molecular complexity index is 82.4. The van der Waals surface area contributed by atoms with Gasteiger partial charge in [0.1, 0.15) is 0 Å². The maximum atomic E-state index is 5.26. The fourth-order valence-electron chi connectivity index (χ4n) is 0.945. The summed E-state index contributed by atoms with van der Waals surface area (Å²) in [5.74, 6) is 0.840. The normalized spacial score (nSPS) is 21.4. The van der Waals surface area contributed by atoms with E-state index in [0.29, 0.717) is 0 Å². The Kier molecular flexibility index (Phi) is 1.31. The van der Waals surface area contributed by atoms with Crippen molar-refractivity contribution in [2.45, 2.75) is 32.3 Å². The number of hydrogen-bond acceptors (Lipinski definition) is 1. The lowest BCUT2D eigenvalue weighted by atomic mass is 10.0. The number of methoxy groups -OCH3 is 1. The average molecular weight is 114 g/mol. The molecule has 0 bridgehead atoms. The lowest BCUT2D eigenvalue weighted by molar-refractivity contribution is 0.00353. The smallest absolute Gasteiger partial charge is 0.0650 e. The number of rotatable bonds is 2. The topological polar surface area (TPSA) is 9.23 Å². The van der Waals surface area contributed by atoms with Crippen LogP contribution in [0.15, 0.2) is 0 Å². The molecule has 0 heterocycles. The summed E-state index contributed by atoms with van der Waals surface area (Å²) in [6, 6.07) is 0. The Labute approximate surface area is 51.0 Å². The van der Waals surface area contributed by atoms with Crippen molar-refractivity contribution in [1.29, 1.82) is 0 Å². The van der Waals surface area contributed by atoms with E-state index in [2.05, 4.69) is 13.8 Å². The van der Waals surface area contributed by atoms with Gasteiger partial charge in [-0.2, -0.15) is 0 Å². The van der Waals surface area contributed by atoms with Gasteiger partial charge in [0.15, 0.2) is 0 Å². The molecule has 0 amide bonds. The van der Waals surface area contributed by atoms with Crippen molar-refractivity contribution in [3.05, 3.63) is 0 Å². The molecule has 0 N–H and O–H groups in total. The third kappa shape index (κ3) is 1.03. The second-order valence-electron chi connectivity index (χ2n) is 3.08. The van der Waals surface area contributed by atoms with E-state index in [0.717, 1.165) is 5.92 Å². The van der Waals surface area contributed by atoms with E-state index >= 15 is 0 Å². The Morgan fingerprint density at radius 3 is 2.00 bits per heavy atom. The molecule has 0 aromatic heterocycles. The van der Waals surface area contributed by atoms with Gasteiger partial charge in [-0.15, -0.1) is 0 Å². The molecule has 0 spiro atoms. The number of ether oxygens (including phenoxy) is 1. The SMILES string of the molecule is COC(C)(C)C1CC1. The van der Waals surface area contributed by atoms with Crippen molar-refractivity contribution in [3.8, 4) is 0 Å². The predicted octanol–water partition coefficient (Wildman–Crippen LogP) is 1.82. The van der Waals surface area contributed by atoms with E-state index < -0.39 is 0 Å². The predicted molar refractivity (Wildman–Crippen MR) is 33.8 cm³/mol. The first kappa shape index (κ1) is 6.09. The molecular formula is C7H14O. The molecule has 0 aromatic carbocycles. The van der Waals surface area contributed by atoms with Crippen molar-refractivity contribution in [2.75, 3.05) is 7.11 Å². The average Bonchev–Trinajstić information content (AvgIpc) is 2.44. The lowest BCUT2D eigenvalue weighted by Crippen LogP contribution is -2.24. The summed E-state index contributed by atoms with van der Waals surface area (Å²) in [5.41, 5.74) is 0.153. The van der Waals surface area contributed by atoms with Crippen molar-refractivity contribution in [1.82, 2.24) is 0 Å². The van der Waals surface area contributed by atoms with Crippen LogP contribution in [0.5, 0.6) is 0 Å². The maximum Gasteiger partial charge on any atom is 0.0650 e. The second-order valence-corrected chi connectivity index (χ2v) is 3.08. The zero-order chi connectivity index (χ0) is 6.20. The van der Waals surface area contributed by atoms with Gasteiger partial charge in [-0.3, -0.25) is 0 Å². The van der Waals surface area contributed by atoms with Crippen LogP contribution in [0.4, 0.5) is 0 Å². The Balaban J connectivity index is 2.37. The fourth-order valence-corrected chi connectivity index (χ4v) is 0.945. The summed E-state index contributed by atoms with van der Waals surface area (Å²) in [5, 5.41) is 0. The minimum atomic E-state index is 0.153. The van der Waals surface area contributed by atoms with Crippen LogP contribution in [0.2, 0.25) is 0 Å². The first-order valence-electron chi connectivity index (χ1n) is 3.22. The monoisotopic (exact) mass is 114 g/mol. The molecule has 0 radical (unpaired) electrons. The van der Waals surface area contributed by atoms with Gasteiger partial charge < -0.3 is 4.74 Å². The first-order valence-corrected chi connectivity index (χ1v) is 3.22. The summed E-state index contributed by atoms with van der Waals surface area (Å²) < 4.78 is 5.26. The van der Waals surface area contributed by atoms with E-state index in [1.54, 1.807) is 7.11 Å². The molecule has 0 aromatic rings. The zero-order valence-electron chi connectivity index (χ0n) is 5.90. The zero-order valence-corrected chi connectivity index (χ0v) is 5.90. The van der Waals surface area contributed by atoms with Crippen LogP contribution in [0.25, 0.3) is 0 Å². The third-order valence-electron chi connectivity index (χ3n) is 2.09. The van der Waals surface area contributed by atoms with Crippen LogP contribution >= 0.6 is 0 Å². The van der Waals surface area contributed by atoms with E-state index in [1.165, 1.54) is 12.8 Å². The molecule has 0 saturated heterocycles. The highest BCUT2D eigenvalue weighted by Gasteiger charge is 2.37. The minimum Gasteiger partial charge on any atom is -0.379 e. The molecule has 1 nitrogen and oxygen atoms in total. The summed E-state index contributed by atoms with van der Waals surface area (Å²) in [6.45, 7) is 4.31. The standard InChI is InChI=1S/C7H14O/c1-7(2,8-3)6-4-5-6/h6H,4-5H2,1-3H3. The highest BCUT2D eigenvalue weighted by atomic mass is 16.5. The van der Waals surface area contributed by atoms with Crippen molar-refractivity contribution in [2.24, 2.45) is 5.92 Å². The van der Waals surface area contributed by atoms with E-state index in [1.807, 2.05) is 0 Å². The van der Waals surface area contributed by atoms with Crippen molar-refractivity contribution >= 4 is 0 Å². The fraction of sp³-hybridized carbons (Fsp3) is 1.00.